The minimum atomic E-state index is -1.23. The normalized spacial score (nSPS) is 11.1. The van der Waals surface area contributed by atoms with E-state index in [-0.39, 0.29) is 0 Å². The monoisotopic (exact) mass is 470 g/mol. The largest absolute Gasteiger partial charge is 0.477 e. The predicted molar refractivity (Wildman–Crippen MR) is 113 cm³/mol. The average Bonchev–Trinajstić information content (AvgIpc) is 2.55. The number of hydrogen-bond donors (Lipinski definition) is 2. The van der Waals surface area contributed by atoms with Crippen LogP contribution in [0.25, 0.3) is 0 Å². The summed E-state index contributed by atoms with van der Waals surface area (Å²) in [5.41, 5.74) is 1.17. The van der Waals surface area contributed by atoms with Gasteiger partial charge in [0.2, 0.25) is 11.8 Å². The van der Waals surface area contributed by atoms with Crippen molar-refractivity contribution in [3.05, 3.63) is 33.4 Å². The van der Waals surface area contributed by atoms with Crippen LogP contribution in [0.2, 0.25) is 25.7 Å². The van der Waals surface area contributed by atoms with E-state index in [1.165, 1.54) is 0 Å². The zero-order valence-corrected chi connectivity index (χ0v) is 18.0. The summed E-state index contributed by atoms with van der Waals surface area (Å²) >= 11 is 2.24. The van der Waals surface area contributed by atoms with E-state index in [9.17, 15) is 4.79 Å². The molecule has 0 saturated heterocycles. The third-order valence-electron chi connectivity index (χ3n) is 3.45. The molecular formula is C17H23IN4O2Si. The Labute approximate surface area is 163 Å². The molecule has 0 saturated carbocycles. The third kappa shape index (κ3) is 5.96. The molecule has 134 valence electrons. The number of benzene rings is 1. The molecule has 0 fully saturated rings. The van der Waals surface area contributed by atoms with Gasteiger partial charge in [0.15, 0.2) is 12.1 Å². The van der Waals surface area contributed by atoms with E-state index in [1.54, 1.807) is 7.05 Å². The van der Waals surface area contributed by atoms with Gasteiger partial charge in [0.05, 0.1) is 6.61 Å². The van der Waals surface area contributed by atoms with E-state index in [0.717, 1.165) is 21.6 Å². The van der Waals surface area contributed by atoms with Gasteiger partial charge in [-0.2, -0.15) is 9.97 Å². The number of carbonyl (C=O) groups excluding carboxylic acids is 1. The van der Waals surface area contributed by atoms with Gasteiger partial charge in [-0.25, -0.2) is 0 Å². The Hall–Kier alpha value is -1.68. The van der Waals surface area contributed by atoms with E-state index in [0.29, 0.717) is 29.8 Å². The van der Waals surface area contributed by atoms with Crippen LogP contribution < -0.4 is 15.4 Å². The molecule has 2 rings (SSSR count). The molecule has 1 aromatic heterocycles. The molecule has 0 amide bonds. The van der Waals surface area contributed by atoms with Gasteiger partial charge in [0, 0.05) is 24.4 Å². The first-order valence-electron chi connectivity index (χ1n) is 8.03. The first-order valence-corrected chi connectivity index (χ1v) is 12.8. The molecule has 1 heterocycles. The van der Waals surface area contributed by atoms with Gasteiger partial charge in [-0.1, -0.05) is 19.6 Å². The fourth-order valence-electron chi connectivity index (χ4n) is 2.00. The number of ether oxygens (including phenoxy) is 1. The van der Waals surface area contributed by atoms with Crippen LogP contribution in [-0.2, 0) is 0 Å². The number of aromatic nitrogens is 2. The van der Waals surface area contributed by atoms with E-state index in [1.807, 2.05) is 24.3 Å². The molecular weight excluding hydrogens is 447 g/mol. The van der Waals surface area contributed by atoms with Gasteiger partial charge in [-0.3, -0.25) is 4.79 Å². The van der Waals surface area contributed by atoms with Gasteiger partial charge in [0.1, 0.15) is 5.56 Å². The Morgan fingerprint density at radius 3 is 2.44 bits per heavy atom. The van der Waals surface area contributed by atoms with Crippen LogP contribution in [0.1, 0.15) is 10.4 Å². The Kier molecular flexibility index (Phi) is 6.76. The summed E-state index contributed by atoms with van der Waals surface area (Å²) in [6.07, 6.45) is 0.734. The Bertz CT molecular complexity index is 733. The second-order valence-electron chi connectivity index (χ2n) is 6.77. The maximum absolute atomic E-state index is 11.6. The van der Waals surface area contributed by atoms with Crippen LogP contribution in [0.15, 0.2) is 24.3 Å². The van der Waals surface area contributed by atoms with Crippen LogP contribution in [0, 0.1) is 3.57 Å². The lowest BCUT2D eigenvalue weighted by atomic mass is 10.3. The number of nitrogens with zero attached hydrogens (tertiary/aromatic N) is 2. The van der Waals surface area contributed by atoms with Crippen LogP contribution in [0.3, 0.4) is 0 Å². The maximum Gasteiger partial charge on any atom is 0.231 e. The van der Waals surface area contributed by atoms with Gasteiger partial charge in [-0.05, 0) is 52.9 Å². The molecule has 0 aliphatic heterocycles. The minimum absolute atomic E-state index is 0.306. The lowest BCUT2D eigenvalue weighted by Gasteiger charge is -2.17. The van der Waals surface area contributed by atoms with Gasteiger partial charge in [-0.15, -0.1) is 0 Å². The molecule has 0 radical (unpaired) electrons. The molecule has 25 heavy (non-hydrogen) atoms. The van der Waals surface area contributed by atoms with Crippen molar-refractivity contribution in [2.24, 2.45) is 0 Å². The first-order chi connectivity index (χ1) is 11.8. The van der Waals surface area contributed by atoms with E-state index < -0.39 is 8.07 Å². The average molecular weight is 470 g/mol. The van der Waals surface area contributed by atoms with Crippen molar-refractivity contribution < 1.29 is 9.53 Å². The van der Waals surface area contributed by atoms with E-state index in [2.05, 4.69) is 62.8 Å². The number of halogens is 1. The molecule has 0 aliphatic rings. The van der Waals surface area contributed by atoms with Crippen molar-refractivity contribution in [3.63, 3.8) is 0 Å². The topological polar surface area (TPSA) is 76.1 Å². The van der Waals surface area contributed by atoms with Gasteiger partial charge < -0.3 is 15.4 Å². The van der Waals surface area contributed by atoms with Crippen LogP contribution >= 0.6 is 22.6 Å². The van der Waals surface area contributed by atoms with Crippen LogP contribution in [0.4, 0.5) is 17.5 Å². The molecule has 0 atom stereocenters. The Morgan fingerprint density at radius 1 is 1.20 bits per heavy atom. The Balaban J connectivity index is 2.29. The second kappa shape index (κ2) is 8.61. The van der Waals surface area contributed by atoms with Crippen molar-refractivity contribution >= 4 is 54.4 Å². The molecule has 2 aromatic rings. The molecule has 0 spiro atoms. The molecule has 0 bridgehead atoms. The van der Waals surface area contributed by atoms with Crippen molar-refractivity contribution in [2.45, 2.75) is 25.7 Å². The number of hydrogen-bond acceptors (Lipinski definition) is 6. The maximum atomic E-state index is 11.6. The number of aldehydes is 1. The molecule has 0 unspecified atom stereocenters. The van der Waals surface area contributed by atoms with Crippen molar-refractivity contribution in [3.8, 4) is 5.88 Å². The number of nitrogens with one attached hydrogen (secondary N) is 2. The highest BCUT2D eigenvalue weighted by molar-refractivity contribution is 14.1. The fraction of sp³-hybridized carbons (Fsp3) is 0.353. The summed E-state index contributed by atoms with van der Waals surface area (Å²) in [7, 11) is 0.503. The smallest absolute Gasteiger partial charge is 0.231 e. The predicted octanol–water partition coefficient (Wildman–Crippen LogP) is 4.40. The number of carbonyl (C=O) groups is 1. The lowest BCUT2D eigenvalue weighted by molar-refractivity contribution is 0.111. The van der Waals surface area contributed by atoms with Crippen LogP contribution in [-0.4, -0.2) is 38.0 Å². The van der Waals surface area contributed by atoms with Crippen molar-refractivity contribution in [1.29, 1.82) is 0 Å². The van der Waals surface area contributed by atoms with Gasteiger partial charge in [0.25, 0.3) is 0 Å². The van der Waals surface area contributed by atoms with Gasteiger partial charge >= 0.3 is 0 Å². The van der Waals surface area contributed by atoms with E-state index in [4.69, 9.17) is 4.74 Å². The molecule has 1 aromatic carbocycles. The molecule has 2 N–H and O–H groups in total. The summed E-state index contributed by atoms with van der Waals surface area (Å²) in [4.78, 5) is 20.3. The number of anilines is 3. The minimum Gasteiger partial charge on any atom is -0.477 e. The van der Waals surface area contributed by atoms with Crippen LogP contribution in [0.5, 0.6) is 5.88 Å². The molecule has 8 heteroatoms. The summed E-state index contributed by atoms with van der Waals surface area (Å²) in [5.74, 6) is 1.14. The quantitative estimate of drug-likeness (QED) is 0.339. The summed E-state index contributed by atoms with van der Waals surface area (Å²) in [6.45, 7) is 7.37. The Morgan fingerprint density at radius 2 is 1.88 bits per heavy atom. The number of rotatable bonds is 8. The highest BCUT2D eigenvalue weighted by Crippen LogP contribution is 2.27. The highest BCUT2D eigenvalue weighted by Gasteiger charge is 2.18. The molecule has 6 nitrogen and oxygen atoms in total. The summed E-state index contributed by atoms with van der Waals surface area (Å²) in [5, 5.41) is 6.09. The third-order valence-corrected chi connectivity index (χ3v) is 5.87. The zero-order chi connectivity index (χ0) is 18.4. The zero-order valence-electron chi connectivity index (χ0n) is 14.9. The lowest BCUT2D eigenvalue weighted by Crippen LogP contribution is -2.23. The second-order valence-corrected chi connectivity index (χ2v) is 13.6. The standard InChI is InChI=1S/C17H23IN4O2Si/c1-19-17-21-15(20-13-7-5-12(18)6-8-13)14(11-23)16(22-17)24-9-10-25(2,3)4/h5-8,11H,9-10H2,1-4H3,(H2,19,20,21,22). The fourth-order valence-corrected chi connectivity index (χ4v) is 3.07. The SMILES string of the molecule is CNc1nc(Nc2ccc(I)cc2)c(C=O)c(OCC[Si](C)(C)C)n1. The highest BCUT2D eigenvalue weighted by atomic mass is 127. The summed E-state index contributed by atoms with van der Waals surface area (Å²) in [6, 6.07) is 8.82. The van der Waals surface area contributed by atoms with Crippen molar-refractivity contribution in [1.82, 2.24) is 9.97 Å². The van der Waals surface area contributed by atoms with E-state index >= 15 is 0 Å². The van der Waals surface area contributed by atoms with Crippen molar-refractivity contribution in [2.75, 3.05) is 24.3 Å². The summed E-state index contributed by atoms with van der Waals surface area (Å²) < 4.78 is 6.95. The molecule has 0 aliphatic carbocycles. The first kappa shape index (κ1) is 19.6.